The zero-order valence-electron chi connectivity index (χ0n) is 8.71. The van der Waals surface area contributed by atoms with E-state index in [2.05, 4.69) is 5.32 Å². The lowest BCUT2D eigenvalue weighted by Gasteiger charge is -2.11. The van der Waals surface area contributed by atoms with E-state index in [4.69, 9.17) is 16.3 Å². The fourth-order valence-electron chi connectivity index (χ4n) is 1.64. The Hall–Kier alpha value is -0.350. The zero-order chi connectivity index (χ0) is 10.7. The van der Waals surface area contributed by atoms with Gasteiger partial charge in [-0.25, -0.2) is 4.39 Å². The maximum atomic E-state index is 13.3. The highest BCUT2D eigenvalue weighted by Gasteiger charge is 2.16. The van der Waals surface area contributed by atoms with Crippen molar-refractivity contribution in [3.05, 3.63) is 34.6 Å². The summed E-state index contributed by atoms with van der Waals surface area (Å²) in [7, 11) is 0. The van der Waals surface area contributed by atoms with Crippen LogP contribution in [0, 0.1) is 5.82 Å². The molecule has 2 rings (SSSR count). The van der Waals surface area contributed by atoms with Crippen molar-refractivity contribution < 1.29 is 9.13 Å². The van der Waals surface area contributed by atoms with Crippen molar-refractivity contribution in [2.45, 2.75) is 19.1 Å². The Kier molecular flexibility index (Phi) is 5.49. The van der Waals surface area contributed by atoms with Gasteiger partial charge < -0.3 is 10.1 Å². The first-order valence-corrected chi connectivity index (χ1v) is 5.40. The molecule has 1 aromatic carbocycles. The van der Waals surface area contributed by atoms with Crippen LogP contribution in [0.4, 0.5) is 4.39 Å². The van der Waals surface area contributed by atoms with Gasteiger partial charge in [-0.2, -0.15) is 0 Å². The van der Waals surface area contributed by atoms with Gasteiger partial charge in [0, 0.05) is 17.1 Å². The second kappa shape index (κ2) is 6.40. The summed E-state index contributed by atoms with van der Waals surface area (Å²) in [5.41, 5.74) is 0.450. The molecule has 0 aromatic heterocycles. The van der Waals surface area contributed by atoms with E-state index >= 15 is 0 Å². The molecule has 1 atom stereocenters. The maximum absolute atomic E-state index is 13.3. The third-order valence-corrected chi connectivity index (χ3v) is 2.89. The quantitative estimate of drug-likeness (QED) is 0.908. The summed E-state index contributed by atoms with van der Waals surface area (Å²) in [5, 5.41) is 3.62. The first-order valence-electron chi connectivity index (χ1n) is 5.02. The topological polar surface area (TPSA) is 21.3 Å². The largest absolute Gasteiger partial charge is 0.372 e. The Bertz CT molecular complexity index is 323. The number of rotatable bonds is 3. The van der Waals surface area contributed by atoms with Crippen molar-refractivity contribution in [2.75, 3.05) is 13.1 Å². The molecule has 5 heteroatoms. The van der Waals surface area contributed by atoms with E-state index in [0.29, 0.717) is 10.6 Å². The van der Waals surface area contributed by atoms with Crippen molar-refractivity contribution in [3.8, 4) is 0 Å². The summed E-state index contributed by atoms with van der Waals surface area (Å²) in [6.45, 7) is 2.06. The normalized spacial score (nSPS) is 19.5. The van der Waals surface area contributed by atoms with Crippen molar-refractivity contribution in [3.63, 3.8) is 0 Å². The first kappa shape index (κ1) is 13.7. The lowest BCUT2D eigenvalue weighted by Crippen LogP contribution is -2.16. The predicted molar refractivity (Wildman–Crippen MR) is 64.7 cm³/mol. The second-order valence-electron chi connectivity index (χ2n) is 3.63. The smallest absolute Gasteiger partial charge is 0.130 e. The average Bonchev–Trinajstić information content (AvgIpc) is 2.70. The molecule has 0 aliphatic carbocycles. The lowest BCUT2D eigenvalue weighted by atomic mass is 10.2. The average molecular weight is 266 g/mol. The van der Waals surface area contributed by atoms with Crippen LogP contribution >= 0.6 is 24.0 Å². The molecule has 1 fully saturated rings. The van der Waals surface area contributed by atoms with E-state index in [-0.39, 0.29) is 30.9 Å². The molecule has 0 radical (unpaired) electrons. The Morgan fingerprint density at radius 3 is 2.94 bits per heavy atom. The van der Waals surface area contributed by atoms with Crippen LogP contribution in [-0.2, 0) is 11.3 Å². The molecule has 0 saturated carbocycles. The Balaban J connectivity index is 0.00000128. The molecule has 0 unspecified atom stereocenters. The standard InChI is InChI=1S/C11H13ClFNO.ClH/c12-10-2-1-3-11(13)9(10)7-15-8-4-5-14-6-8;/h1-3,8,14H,4-7H2;1H/t8-;/m1./s1. The number of hydrogen-bond acceptors (Lipinski definition) is 2. The highest BCUT2D eigenvalue weighted by atomic mass is 35.5. The van der Waals surface area contributed by atoms with Crippen LogP contribution in [0.15, 0.2) is 18.2 Å². The number of hydrogen-bond donors (Lipinski definition) is 1. The van der Waals surface area contributed by atoms with Crippen molar-refractivity contribution in [2.24, 2.45) is 0 Å². The monoisotopic (exact) mass is 265 g/mol. The summed E-state index contributed by atoms with van der Waals surface area (Å²) in [6, 6.07) is 4.67. The Morgan fingerprint density at radius 2 is 2.31 bits per heavy atom. The summed E-state index contributed by atoms with van der Waals surface area (Å²) < 4.78 is 18.9. The molecule has 0 amide bonds. The minimum atomic E-state index is -0.298. The van der Waals surface area contributed by atoms with Gasteiger partial charge in [-0.15, -0.1) is 12.4 Å². The molecule has 2 nitrogen and oxygen atoms in total. The molecule has 1 saturated heterocycles. The minimum Gasteiger partial charge on any atom is -0.372 e. The van der Waals surface area contributed by atoms with Crippen LogP contribution in [0.25, 0.3) is 0 Å². The SMILES string of the molecule is Cl.Fc1cccc(Cl)c1CO[C@@H]1CCNC1. The van der Waals surface area contributed by atoms with Crippen LogP contribution in [-0.4, -0.2) is 19.2 Å². The number of ether oxygens (including phenoxy) is 1. The third kappa shape index (κ3) is 3.32. The maximum Gasteiger partial charge on any atom is 0.130 e. The molecule has 90 valence electrons. The second-order valence-corrected chi connectivity index (χ2v) is 4.03. The van der Waals surface area contributed by atoms with Crippen LogP contribution in [0.3, 0.4) is 0 Å². The molecule has 1 N–H and O–H groups in total. The summed E-state index contributed by atoms with van der Waals surface area (Å²) in [5.74, 6) is -0.298. The molecule has 0 spiro atoms. The molecular formula is C11H14Cl2FNO. The fourth-order valence-corrected chi connectivity index (χ4v) is 1.86. The van der Waals surface area contributed by atoms with Crippen molar-refractivity contribution >= 4 is 24.0 Å². The van der Waals surface area contributed by atoms with Gasteiger partial charge in [0.2, 0.25) is 0 Å². The highest BCUT2D eigenvalue weighted by molar-refractivity contribution is 6.31. The minimum absolute atomic E-state index is 0. The lowest BCUT2D eigenvalue weighted by molar-refractivity contribution is 0.0526. The van der Waals surface area contributed by atoms with Gasteiger partial charge in [0.15, 0.2) is 0 Å². The van der Waals surface area contributed by atoms with Crippen molar-refractivity contribution in [1.82, 2.24) is 5.32 Å². The van der Waals surface area contributed by atoms with E-state index in [1.54, 1.807) is 12.1 Å². The van der Waals surface area contributed by atoms with Crippen LogP contribution < -0.4 is 5.32 Å². The van der Waals surface area contributed by atoms with Gasteiger partial charge in [0.05, 0.1) is 12.7 Å². The summed E-state index contributed by atoms with van der Waals surface area (Å²) in [4.78, 5) is 0. The molecule has 1 aliphatic rings. The van der Waals surface area contributed by atoms with Crippen molar-refractivity contribution in [1.29, 1.82) is 0 Å². The van der Waals surface area contributed by atoms with Gasteiger partial charge in [-0.3, -0.25) is 0 Å². The van der Waals surface area contributed by atoms with Crippen LogP contribution in [0.1, 0.15) is 12.0 Å². The van der Waals surface area contributed by atoms with E-state index in [1.807, 2.05) is 0 Å². The van der Waals surface area contributed by atoms with Gasteiger partial charge in [0.1, 0.15) is 5.82 Å². The summed E-state index contributed by atoms with van der Waals surface area (Å²) in [6.07, 6.45) is 1.16. The predicted octanol–water partition coefficient (Wildman–Crippen LogP) is 2.78. The Labute approximate surface area is 106 Å². The molecule has 0 bridgehead atoms. The van der Waals surface area contributed by atoms with E-state index < -0.39 is 0 Å². The first-order chi connectivity index (χ1) is 7.27. The highest BCUT2D eigenvalue weighted by Crippen LogP contribution is 2.20. The number of benzene rings is 1. The van der Waals surface area contributed by atoms with Crippen LogP contribution in [0.2, 0.25) is 5.02 Å². The summed E-state index contributed by atoms with van der Waals surface area (Å²) >= 11 is 5.88. The molecule has 1 aromatic rings. The number of nitrogens with one attached hydrogen (secondary N) is 1. The number of halogens is 3. The van der Waals surface area contributed by atoms with E-state index in [0.717, 1.165) is 19.5 Å². The van der Waals surface area contributed by atoms with Gasteiger partial charge in [-0.05, 0) is 25.1 Å². The Morgan fingerprint density at radius 1 is 1.50 bits per heavy atom. The van der Waals surface area contributed by atoms with Gasteiger partial charge in [-0.1, -0.05) is 17.7 Å². The van der Waals surface area contributed by atoms with Crippen LogP contribution in [0.5, 0.6) is 0 Å². The van der Waals surface area contributed by atoms with E-state index in [9.17, 15) is 4.39 Å². The molecule has 1 heterocycles. The van der Waals surface area contributed by atoms with E-state index in [1.165, 1.54) is 6.07 Å². The third-order valence-electron chi connectivity index (χ3n) is 2.54. The molecule has 1 aliphatic heterocycles. The zero-order valence-corrected chi connectivity index (χ0v) is 10.3. The molecular weight excluding hydrogens is 252 g/mol. The molecule has 16 heavy (non-hydrogen) atoms. The van der Waals surface area contributed by atoms with Gasteiger partial charge >= 0.3 is 0 Å². The van der Waals surface area contributed by atoms with Gasteiger partial charge in [0.25, 0.3) is 0 Å². The fraction of sp³-hybridized carbons (Fsp3) is 0.455.